The van der Waals surface area contributed by atoms with Crippen molar-refractivity contribution in [3.8, 4) is 5.75 Å². The van der Waals surface area contributed by atoms with Crippen LogP contribution in [0.1, 0.15) is 47.4 Å². The number of benzene rings is 2. The Hall–Kier alpha value is -3.68. The van der Waals surface area contributed by atoms with Crippen molar-refractivity contribution in [3.05, 3.63) is 53.6 Å². The van der Waals surface area contributed by atoms with E-state index < -0.39 is 17.5 Å². The number of fused-ring (bicyclic) bond motifs is 1. The minimum atomic E-state index is -0.602. The number of nitrogens with zero attached hydrogens (tertiary/aromatic N) is 1. The molecule has 1 N–H and O–H groups in total. The van der Waals surface area contributed by atoms with Crippen LogP contribution in [0.2, 0.25) is 0 Å². The van der Waals surface area contributed by atoms with Gasteiger partial charge in [0.2, 0.25) is 11.8 Å². The summed E-state index contributed by atoms with van der Waals surface area (Å²) in [6.07, 6.45) is 0.269. The number of Topliss-reactive ketones (excluding diaryl/α,β-unsaturated/α-hetero) is 1. The zero-order valence-corrected chi connectivity index (χ0v) is 18.1. The number of carbonyl (C=O) groups excluding carboxylic acids is 4. The van der Waals surface area contributed by atoms with E-state index in [0.717, 1.165) is 0 Å². The average molecular weight is 436 g/mol. The van der Waals surface area contributed by atoms with Crippen LogP contribution in [-0.4, -0.2) is 42.8 Å². The SMILES string of the molecule is COC(=O)c1ccccc1N1CC(C(=O)Nc2ccc3c(c2)C(=O)CC(C)(C)O3)CC1=O. The molecule has 1 unspecified atom stereocenters. The van der Waals surface area contributed by atoms with Crippen LogP contribution in [0.5, 0.6) is 5.75 Å². The van der Waals surface area contributed by atoms with Crippen molar-refractivity contribution >= 4 is 34.9 Å². The lowest BCUT2D eigenvalue weighted by Crippen LogP contribution is -2.36. The molecule has 0 aromatic heterocycles. The number of hydrogen-bond acceptors (Lipinski definition) is 6. The molecule has 166 valence electrons. The topological polar surface area (TPSA) is 102 Å². The van der Waals surface area contributed by atoms with E-state index in [2.05, 4.69) is 5.32 Å². The average Bonchev–Trinajstić information content (AvgIpc) is 3.14. The van der Waals surface area contributed by atoms with E-state index in [4.69, 9.17) is 9.47 Å². The summed E-state index contributed by atoms with van der Waals surface area (Å²) in [6, 6.07) is 11.6. The Balaban J connectivity index is 1.50. The number of methoxy groups -OCH3 is 1. The maximum absolute atomic E-state index is 12.9. The first-order valence-corrected chi connectivity index (χ1v) is 10.3. The second-order valence-corrected chi connectivity index (χ2v) is 8.58. The Bertz CT molecular complexity index is 1120. The van der Waals surface area contributed by atoms with Gasteiger partial charge in [-0.05, 0) is 44.2 Å². The first-order chi connectivity index (χ1) is 15.2. The summed E-state index contributed by atoms with van der Waals surface area (Å²) in [6.45, 7) is 3.84. The van der Waals surface area contributed by atoms with Crippen molar-refractivity contribution in [2.45, 2.75) is 32.3 Å². The fourth-order valence-electron chi connectivity index (χ4n) is 4.08. The van der Waals surface area contributed by atoms with Gasteiger partial charge in [-0.1, -0.05) is 12.1 Å². The zero-order chi connectivity index (χ0) is 23.0. The molecule has 1 saturated heterocycles. The normalized spacial score (nSPS) is 19.2. The van der Waals surface area contributed by atoms with E-state index in [1.165, 1.54) is 12.0 Å². The molecule has 0 radical (unpaired) electrons. The predicted molar refractivity (Wildman–Crippen MR) is 117 cm³/mol. The molecule has 0 aliphatic carbocycles. The number of ether oxygens (including phenoxy) is 2. The summed E-state index contributed by atoms with van der Waals surface area (Å²) >= 11 is 0. The first-order valence-electron chi connectivity index (χ1n) is 10.3. The van der Waals surface area contributed by atoms with Gasteiger partial charge in [0.25, 0.3) is 0 Å². The van der Waals surface area contributed by atoms with Crippen molar-refractivity contribution < 1.29 is 28.7 Å². The molecule has 32 heavy (non-hydrogen) atoms. The third-order valence-corrected chi connectivity index (χ3v) is 5.62. The highest BCUT2D eigenvalue weighted by atomic mass is 16.5. The lowest BCUT2D eigenvalue weighted by atomic mass is 9.93. The lowest BCUT2D eigenvalue weighted by Gasteiger charge is -2.31. The predicted octanol–water partition coefficient (Wildman–Crippen LogP) is 3.21. The van der Waals surface area contributed by atoms with Gasteiger partial charge in [0, 0.05) is 18.7 Å². The summed E-state index contributed by atoms with van der Waals surface area (Å²) in [4.78, 5) is 51.5. The molecule has 0 spiro atoms. The van der Waals surface area contributed by atoms with Crippen LogP contribution in [-0.2, 0) is 14.3 Å². The quantitative estimate of drug-likeness (QED) is 0.739. The van der Waals surface area contributed by atoms with Crippen molar-refractivity contribution in [2.24, 2.45) is 5.92 Å². The minimum Gasteiger partial charge on any atom is -0.487 e. The van der Waals surface area contributed by atoms with E-state index in [1.807, 2.05) is 13.8 Å². The van der Waals surface area contributed by atoms with Gasteiger partial charge in [0.1, 0.15) is 11.4 Å². The smallest absolute Gasteiger partial charge is 0.339 e. The Labute approximate surface area is 185 Å². The Morgan fingerprint density at radius 3 is 2.66 bits per heavy atom. The van der Waals surface area contributed by atoms with Gasteiger partial charge in [-0.2, -0.15) is 0 Å². The van der Waals surface area contributed by atoms with Crippen LogP contribution in [0.3, 0.4) is 0 Å². The first kappa shape index (κ1) is 21.5. The van der Waals surface area contributed by atoms with Crippen LogP contribution in [0.4, 0.5) is 11.4 Å². The fourth-order valence-corrected chi connectivity index (χ4v) is 4.08. The second-order valence-electron chi connectivity index (χ2n) is 8.58. The summed E-state index contributed by atoms with van der Waals surface area (Å²) in [7, 11) is 1.27. The fraction of sp³-hybridized carbons (Fsp3) is 0.333. The maximum atomic E-state index is 12.9. The van der Waals surface area contributed by atoms with Crippen molar-refractivity contribution in [2.75, 3.05) is 23.9 Å². The number of ketones is 1. The molecular weight excluding hydrogens is 412 g/mol. The lowest BCUT2D eigenvalue weighted by molar-refractivity contribution is -0.122. The van der Waals surface area contributed by atoms with Gasteiger partial charge < -0.3 is 19.7 Å². The number of rotatable bonds is 4. The van der Waals surface area contributed by atoms with Gasteiger partial charge in [0.15, 0.2) is 5.78 Å². The molecule has 8 nitrogen and oxygen atoms in total. The van der Waals surface area contributed by atoms with Crippen LogP contribution in [0.15, 0.2) is 42.5 Å². The van der Waals surface area contributed by atoms with Gasteiger partial charge >= 0.3 is 5.97 Å². The minimum absolute atomic E-state index is 0.0164. The highest BCUT2D eigenvalue weighted by molar-refractivity contribution is 6.07. The Morgan fingerprint density at radius 1 is 1.16 bits per heavy atom. The Morgan fingerprint density at radius 2 is 1.91 bits per heavy atom. The van der Waals surface area contributed by atoms with Crippen LogP contribution in [0.25, 0.3) is 0 Å². The monoisotopic (exact) mass is 436 g/mol. The summed E-state index contributed by atoms with van der Waals surface area (Å²) < 4.78 is 10.6. The van der Waals surface area contributed by atoms with Gasteiger partial charge in [0.05, 0.1) is 36.3 Å². The van der Waals surface area contributed by atoms with E-state index in [0.29, 0.717) is 22.7 Å². The van der Waals surface area contributed by atoms with E-state index in [9.17, 15) is 19.2 Å². The van der Waals surface area contributed by atoms with Gasteiger partial charge in [-0.25, -0.2) is 4.79 Å². The number of para-hydroxylation sites is 1. The van der Waals surface area contributed by atoms with Crippen molar-refractivity contribution in [1.29, 1.82) is 0 Å². The zero-order valence-electron chi connectivity index (χ0n) is 18.1. The van der Waals surface area contributed by atoms with Gasteiger partial charge in [-0.3, -0.25) is 14.4 Å². The number of hydrogen-bond donors (Lipinski definition) is 1. The van der Waals surface area contributed by atoms with Crippen LogP contribution < -0.4 is 15.0 Å². The summed E-state index contributed by atoms with van der Waals surface area (Å²) in [5.41, 5.74) is 1.01. The molecular formula is C24H24N2O6. The summed E-state index contributed by atoms with van der Waals surface area (Å²) in [5.74, 6) is -1.29. The highest BCUT2D eigenvalue weighted by Crippen LogP contribution is 2.35. The molecule has 2 aromatic rings. The van der Waals surface area contributed by atoms with E-state index in [-0.39, 0.29) is 42.5 Å². The molecule has 2 amide bonds. The number of amides is 2. The second kappa shape index (κ2) is 8.11. The standard InChI is InChI=1S/C24H24N2O6/c1-24(2)12-19(27)17-11-15(8-9-20(17)32-24)25-22(29)14-10-21(28)26(13-14)18-7-5-4-6-16(18)23(30)31-3/h4-9,11,14H,10,12-13H2,1-3H3,(H,25,29). The number of esters is 1. The van der Waals surface area contributed by atoms with Crippen LogP contribution in [0, 0.1) is 5.92 Å². The molecule has 8 heteroatoms. The maximum Gasteiger partial charge on any atom is 0.339 e. The molecule has 2 aliphatic rings. The van der Waals surface area contributed by atoms with E-state index in [1.54, 1.807) is 42.5 Å². The largest absolute Gasteiger partial charge is 0.487 e. The van der Waals surface area contributed by atoms with Gasteiger partial charge in [-0.15, -0.1) is 0 Å². The van der Waals surface area contributed by atoms with Crippen molar-refractivity contribution in [1.82, 2.24) is 0 Å². The molecule has 0 saturated carbocycles. The molecule has 1 fully saturated rings. The molecule has 0 bridgehead atoms. The number of anilines is 2. The Kier molecular flexibility index (Phi) is 5.46. The molecule has 1 atom stereocenters. The molecule has 4 rings (SSSR count). The third-order valence-electron chi connectivity index (χ3n) is 5.62. The number of nitrogens with one attached hydrogen (secondary N) is 1. The van der Waals surface area contributed by atoms with E-state index >= 15 is 0 Å². The molecule has 2 heterocycles. The number of carbonyl (C=O) groups is 4. The molecule has 2 aromatic carbocycles. The highest BCUT2D eigenvalue weighted by Gasteiger charge is 2.37. The third kappa shape index (κ3) is 4.08. The van der Waals surface area contributed by atoms with Crippen molar-refractivity contribution in [3.63, 3.8) is 0 Å². The summed E-state index contributed by atoms with van der Waals surface area (Å²) in [5, 5.41) is 2.80. The molecule has 2 aliphatic heterocycles. The van der Waals surface area contributed by atoms with Crippen LogP contribution >= 0.6 is 0 Å².